The maximum Gasteiger partial charge on any atom is 0.472 e. The van der Waals surface area contributed by atoms with E-state index >= 15 is 0 Å². The predicted molar refractivity (Wildman–Crippen MR) is 239 cm³/mol. The number of phosphoric ester groups is 1. The number of carboxylic acids is 1. The number of carboxylic acid groups (broad SMARTS) is 1. The largest absolute Gasteiger partial charge is 0.480 e. The molecule has 2 unspecified atom stereocenters. The van der Waals surface area contributed by atoms with E-state index in [4.69, 9.17) is 29.6 Å². The van der Waals surface area contributed by atoms with Crippen LogP contribution in [0.1, 0.15) is 149 Å². The van der Waals surface area contributed by atoms with Gasteiger partial charge in [0.2, 0.25) is 0 Å². The van der Waals surface area contributed by atoms with Crippen LogP contribution in [-0.4, -0.2) is 99.8 Å². The van der Waals surface area contributed by atoms with Gasteiger partial charge < -0.3 is 45.3 Å². The van der Waals surface area contributed by atoms with Gasteiger partial charge in [-0.2, -0.15) is 0 Å². The van der Waals surface area contributed by atoms with Gasteiger partial charge in [0.15, 0.2) is 12.4 Å². The molecular formula is C46H78NO14P. The van der Waals surface area contributed by atoms with Gasteiger partial charge in [0.25, 0.3) is 0 Å². The van der Waals surface area contributed by atoms with Crippen LogP contribution in [0.2, 0.25) is 0 Å². The Morgan fingerprint density at radius 1 is 0.758 bits per heavy atom. The molecule has 1 fully saturated rings. The molecular weight excluding hydrogens is 821 g/mol. The molecule has 16 heteroatoms. The number of allylic oxidation sites excluding steroid dienone is 8. The Morgan fingerprint density at radius 2 is 1.34 bits per heavy atom. The number of ether oxygens (including phenoxy) is 3. The zero-order chi connectivity index (χ0) is 45.9. The number of carbonyl (C=O) groups is 3. The van der Waals surface area contributed by atoms with Gasteiger partial charge in [0.05, 0.1) is 31.5 Å². The second-order valence-electron chi connectivity index (χ2n) is 15.7. The van der Waals surface area contributed by atoms with Gasteiger partial charge in [0, 0.05) is 25.2 Å². The standard InChI is InChI=1S/C46H78NO14P/c1-3-5-7-8-9-10-11-12-13-14-15-16-17-18-19-20-26-30-44(51)60-38(35-58-62(55,56)59-36-40(47)46(53)54)34-57-43(50)29-25-22-21-24-28-39-41(49)33-45(52)61-42(39)32-31-37(48)27-23-6-4-2/h9-10,12-13,15-16,21,24,31-32,37-42,45,48-49,52H,3-8,11,14,17-20,22-23,25-30,33-36,47H2,1-2H3,(H,53,54)(H,55,56)/b10-9-,13-12-,16-15-,24-21-,32-31+/t37-,38+,39-,40-,41-,42+,45?/m0/s1. The van der Waals surface area contributed by atoms with Gasteiger partial charge in [0.1, 0.15) is 12.6 Å². The van der Waals surface area contributed by atoms with Crippen LogP contribution < -0.4 is 5.73 Å². The van der Waals surface area contributed by atoms with E-state index in [1.165, 1.54) is 19.3 Å². The number of hydrogen-bond acceptors (Lipinski definition) is 13. The van der Waals surface area contributed by atoms with Crippen molar-refractivity contribution in [3.63, 3.8) is 0 Å². The number of carbonyl (C=O) groups excluding carboxylic acids is 2. The van der Waals surface area contributed by atoms with E-state index in [1.54, 1.807) is 12.2 Å². The second-order valence-corrected chi connectivity index (χ2v) is 17.2. The third kappa shape index (κ3) is 31.0. The highest BCUT2D eigenvalue weighted by molar-refractivity contribution is 7.47. The van der Waals surface area contributed by atoms with Crippen LogP contribution in [0.4, 0.5) is 0 Å². The van der Waals surface area contributed by atoms with E-state index in [0.29, 0.717) is 32.1 Å². The fraction of sp³-hybridized carbons (Fsp3) is 0.717. The number of hydrogen-bond donors (Lipinski definition) is 6. The number of rotatable bonds is 37. The maximum absolute atomic E-state index is 12.7. The molecule has 0 amide bonds. The molecule has 1 saturated heterocycles. The monoisotopic (exact) mass is 900 g/mol. The quantitative estimate of drug-likeness (QED) is 0.0150. The van der Waals surface area contributed by atoms with Crippen molar-refractivity contribution in [2.75, 3.05) is 19.8 Å². The molecule has 1 aliphatic rings. The van der Waals surface area contributed by atoms with Gasteiger partial charge in [-0.25, -0.2) is 4.57 Å². The molecule has 1 rings (SSSR count). The van der Waals surface area contributed by atoms with E-state index < -0.39 is 82.3 Å². The third-order valence-electron chi connectivity index (χ3n) is 10.0. The summed E-state index contributed by atoms with van der Waals surface area (Å²) in [5.41, 5.74) is 5.33. The molecule has 1 heterocycles. The Bertz CT molecular complexity index is 1400. The molecule has 1 aliphatic heterocycles. The lowest BCUT2D eigenvalue weighted by Gasteiger charge is -2.36. The van der Waals surface area contributed by atoms with E-state index in [2.05, 4.69) is 54.8 Å². The average Bonchev–Trinajstić information content (AvgIpc) is 3.23. The lowest BCUT2D eigenvalue weighted by molar-refractivity contribution is -0.199. The molecule has 0 spiro atoms. The van der Waals surface area contributed by atoms with Crippen LogP contribution >= 0.6 is 7.82 Å². The van der Waals surface area contributed by atoms with Crippen LogP contribution in [0.25, 0.3) is 0 Å². The summed E-state index contributed by atoms with van der Waals surface area (Å²) in [4.78, 5) is 46.2. The van der Waals surface area contributed by atoms with Gasteiger partial charge in [-0.15, -0.1) is 0 Å². The van der Waals surface area contributed by atoms with Crippen molar-refractivity contribution in [2.24, 2.45) is 11.7 Å². The van der Waals surface area contributed by atoms with Crippen LogP contribution in [0, 0.1) is 5.92 Å². The fourth-order valence-electron chi connectivity index (χ4n) is 6.34. The molecule has 0 aromatic heterocycles. The Kier molecular flexibility index (Phi) is 33.5. The Balaban J connectivity index is 2.54. The summed E-state index contributed by atoms with van der Waals surface area (Å²) in [5, 5.41) is 39.9. The summed E-state index contributed by atoms with van der Waals surface area (Å²) < 4.78 is 38.3. The molecule has 7 N–H and O–H groups in total. The first-order valence-electron chi connectivity index (χ1n) is 22.7. The number of aliphatic hydroxyl groups excluding tert-OH is 3. The topological polar surface area (TPSA) is 242 Å². The number of nitrogens with two attached hydrogens (primary N) is 1. The molecule has 0 aromatic rings. The highest BCUT2D eigenvalue weighted by atomic mass is 31.2. The van der Waals surface area contributed by atoms with Crippen molar-refractivity contribution in [3.05, 3.63) is 60.8 Å². The fourth-order valence-corrected chi connectivity index (χ4v) is 7.12. The summed E-state index contributed by atoms with van der Waals surface area (Å²) in [7, 11) is -4.80. The van der Waals surface area contributed by atoms with Crippen molar-refractivity contribution in [3.8, 4) is 0 Å². The number of esters is 2. The minimum Gasteiger partial charge on any atom is -0.480 e. The van der Waals surface area contributed by atoms with Gasteiger partial charge >= 0.3 is 25.7 Å². The predicted octanol–water partition coefficient (Wildman–Crippen LogP) is 8.06. The highest BCUT2D eigenvalue weighted by Gasteiger charge is 2.35. The molecule has 0 aromatic carbocycles. The maximum atomic E-state index is 12.7. The molecule has 0 saturated carbocycles. The first kappa shape index (κ1) is 57.0. The van der Waals surface area contributed by atoms with Crippen LogP contribution in [0.3, 0.4) is 0 Å². The zero-order valence-corrected chi connectivity index (χ0v) is 38.1. The summed E-state index contributed by atoms with van der Waals surface area (Å²) in [6, 6.07) is -1.57. The number of unbranched alkanes of at least 4 members (excludes halogenated alkanes) is 10. The Morgan fingerprint density at radius 3 is 2.02 bits per heavy atom. The SMILES string of the molecule is CCCCC/C=C\C/C=C\C/C=C\CCCCCCC(=O)O[C@H](COC(=O)CCC/C=C\C[C@H]1[C@@H](O)CC(O)O[C@@H]1/C=C/[C@@H](O)CCCCC)COP(=O)(O)OC[C@H](N)C(=O)O. The van der Waals surface area contributed by atoms with Crippen molar-refractivity contribution >= 4 is 25.7 Å². The molecule has 0 radical (unpaired) electrons. The van der Waals surface area contributed by atoms with Gasteiger partial charge in [-0.3, -0.25) is 23.4 Å². The van der Waals surface area contributed by atoms with E-state index in [-0.39, 0.29) is 25.2 Å². The second kappa shape index (κ2) is 36.4. The van der Waals surface area contributed by atoms with Crippen LogP contribution in [0.5, 0.6) is 0 Å². The third-order valence-corrected chi connectivity index (χ3v) is 11.0. The van der Waals surface area contributed by atoms with Crippen molar-refractivity contribution in [1.29, 1.82) is 0 Å². The van der Waals surface area contributed by atoms with Crippen molar-refractivity contribution in [1.82, 2.24) is 0 Å². The highest BCUT2D eigenvalue weighted by Crippen LogP contribution is 2.43. The summed E-state index contributed by atoms with van der Waals surface area (Å²) in [6.07, 6.45) is 31.9. The van der Waals surface area contributed by atoms with E-state index in [0.717, 1.165) is 64.2 Å². The summed E-state index contributed by atoms with van der Waals surface area (Å²) in [6.45, 7) is 2.36. The van der Waals surface area contributed by atoms with Crippen LogP contribution in [0.15, 0.2) is 60.8 Å². The molecule has 15 nitrogen and oxygen atoms in total. The molecule has 8 atom stereocenters. The smallest absolute Gasteiger partial charge is 0.472 e. The lowest BCUT2D eigenvalue weighted by atomic mass is 9.87. The minimum atomic E-state index is -4.80. The van der Waals surface area contributed by atoms with Gasteiger partial charge in [-0.1, -0.05) is 120 Å². The van der Waals surface area contributed by atoms with Gasteiger partial charge in [-0.05, 0) is 70.6 Å². The summed E-state index contributed by atoms with van der Waals surface area (Å²) in [5.74, 6) is -2.98. The first-order chi connectivity index (χ1) is 29.8. The van der Waals surface area contributed by atoms with Crippen molar-refractivity contribution in [2.45, 2.75) is 185 Å². The molecule has 0 bridgehead atoms. The Labute approximate surface area is 370 Å². The minimum absolute atomic E-state index is 0.0198. The van der Waals surface area contributed by atoms with E-state index in [1.807, 2.05) is 12.2 Å². The van der Waals surface area contributed by atoms with E-state index in [9.17, 15) is 39.2 Å². The zero-order valence-electron chi connectivity index (χ0n) is 37.2. The number of phosphoric acid groups is 1. The average molecular weight is 900 g/mol. The Hall–Kier alpha value is -2.98. The lowest BCUT2D eigenvalue weighted by Crippen LogP contribution is -2.43. The first-order valence-corrected chi connectivity index (χ1v) is 24.2. The van der Waals surface area contributed by atoms with Crippen molar-refractivity contribution < 1.29 is 67.5 Å². The summed E-state index contributed by atoms with van der Waals surface area (Å²) >= 11 is 0. The normalized spacial score (nSPS) is 21.0. The van der Waals surface area contributed by atoms with Crippen LogP contribution in [-0.2, 0) is 42.2 Å². The number of aliphatic carboxylic acids is 1. The molecule has 62 heavy (non-hydrogen) atoms. The number of aliphatic hydroxyl groups is 3. The molecule has 356 valence electrons. The molecule has 0 aliphatic carbocycles.